The Labute approximate surface area is 112 Å². The Hall–Kier alpha value is -0.570. The van der Waals surface area contributed by atoms with Crippen molar-refractivity contribution in [1.29, 1.82) is 0 Å². The minimum Gasteiger partial charge on any atom is -0.354 e. The van der Waals surface area contributed by atoms with Gasteiger partial charge in [-0.05, 0) is 32.6 Å². The maximum atomic E-state index is 12.1. The van der Waals surface area contributed by atoms with Gasteiger partial charge in [-0.3, -0.25) is 4.79 Å². The van der Waals surface area contributed by atoms with E-state index in [1.54, 1.807) is 0 Å². The lowest BCUT2D eigenvalue weighted by Crippen LogP contribution is -2.48. The Kier molecular flexibility index (Phi) is 7.33. The van der Waals surface area contributed by atoms with Crippen molar-refractivity contribution in [3.63, 3.8) is 0 Å². The van der Waals surface area contributed by atoms with Gasteiger partial charge in [0, 0.05) is 24.5 Å². The molecule has 2 N–H and O–H groups in total. The average molecular weight is 254 g/mol. The van der Waals surface area contributed by atoms with Gasteiger partial charge in [0.15, 0.2) is 0 Å². The standard InChI is InChI=1S/C15H30N2O/c1-4-7-13(8-5-2)15(18)16-11-14-10-6-9-12(3)17-14/h12-14,17H,4-11H2,1-3H3,(H,16,18). The van der Waals surface area contributed by atoms with Crippen molar-refractivity contribution < 1.29 is 4.79 Å². The number of amides is 1. The van der Waals surface area contributed by atoms with Crippen molar-refractivity contribution in [1.82, 2.24) is 10.6 Å². The highest BCUT2D eigenvalue weighted by Crippen LogP contribution is 2.15. The van der Waals surface area contributed by atoms with Crippen molar-refractivity contribution in [3.8, 4) is 0 Å². The van der Waals surface area contributed by atoms with Crippen molar-refractivity contribution in [2.45, 2.75) is 77.8 Å². The molecule has 0 radical (unpaired) electrons. The normalized spacial score (nSPS) is 24.2. The van der Waals surface area contributed by atoms with Crippen LogP contribution in [0.2, 0.25) is 0 Å². The van der Waals surface area contributed by atoms with Crippen molar-refractivity contribution >= 4 is 5.91 Å². The van der Waals surface area contributed by atoms with Gasteiger partial charge in [-0.1, -0.05) is 33.1 Å². The summed E-state index contributed by atoms with van der Waals surface area (Å²) < 4.78 is 0. The molecule has 2 unspecified atom stereocenters. The maximum Gasteiger partial charge on any atom is 0.223 e. The van der Waals surface area contributed by atoms with Crippen LogP contribution in [0.3, 0.4) is 0 Å². The van der Waals surface area contributed by atoms with E-state index < -0.39 is 0 Å². The van der Waals surface area contributed by atoms with Crippen LogP contribution in [0.4, 0.5) is 0 Å². The topological polar surface area (TPSA) is 41.1 Å². The zero-order valence-corrected chi connectivity index (χ0v) is 12.3. The number of hydrogen-bond donors (Lipinski definition) is 2. The lowest BCUT2D eigenvalue weighted by Gasteiger charge is -2.29. The predicted molar refractivity (Wildman–Crippen MR) is 76.6 cm³/mol. The highest BCUT2D eigenvalue weighted by molar-refractivity contribution is 5.78. The number of carbonyl (C=O) groups is 1. The quantitative estimate of drug-likeness (QED) is 0.733. The first-order chi connectivity index (χ1) is 8.67. The van der Waals surface area contributed by atoms with E-state index in [-0.39, 0.29) is 11.8 Å². The molecule has 0 saturated carbocycles. The van der Waals surface area contributed by atoms with Gasteiger partial charge in [0.05, 0.1) is 0 Å². The van der Waals surface area contributed by atoms with E-state index in [9.17, 15) is 4.79 Å². The molecule has 0 aromatic heterocycles. The van der Waals surface area contributed by atoms with Crippen LogP contribution in [0.5, 0.6) is 0 Å². The fourth-order valence-electron chi connectivity index (χ4n) is 2.87. The first-order valence-corrected chi connectivity index (χ1v) is 7.71. The molecular weight excluding hydrogens is 224 g/mol. The van der Waals surface area contributed by atoms with Gasteiger partial charge >= 0.3 is 0 Å². The zero-order chi connectivity index (χ0) is 13.4. The van der Waals surface area contributed by atoms with E-state index in [0.29, 0.717) is 12.1 Å². The summed E-state index contributed by atoms with van der Waals surface area (Å²) in [5, 5.41) is 6.70. The smallest absolute Gasteiger partial charge is 0.223 e. The van der Waals surface area contributed by atoms with Gasteiger partial charge in [-0.15, -0.1) is 0 Å². The molecule has 1 amide bonds. The van der Waals surface area contributed by atoms with Crippen LogP contribution in [0.1, 0.15) is 65.7 Å². The zero-order valence-electron chi connectivity index (χ0n) is 12.3. The summed E-state index contributed by atoms with van der Waals surface area (Å²) in [4.78, 5) is 12.1. The van der Waals surface area contributed by atoms with E-state index in [0.717, 1.165) is 32.2 Å². The second-order valence-corrected chi connectivity index (χ2v) is 5.71. The molecule has 1 saturated heterocycles. The molecule has 0 aromatic carbocycles. The summed E-state index contributed by atoms with van der Waals surface area (Å²) in [5.74, 6) is 0.486. The van der Waals surface area contributed by atoms with E-state index in [2.05, 4.69) is 31.4 Å². The Morgan fingerprint density at radius 3 is 2.50 bits per heavy atom. The highest BCUT2D eigenvalue weighted by atomic mass is 16.1. The van der Waals surface area contributed by atoms with Gasteiger partial charge in [-0.2, -0.15) is 0 Å². The number of nitrogens with one attached hydrogen (secondary N) is 2. The van der Waals surface area contributed by atoms with Crippen LogP contribution in [0, 0.1) is 5.92 Å². The van der Waals surface area contributed by atoms with Gasteiger partial charge in [0.25, 0.3) is 0 Å². The van der Waals surface area contributed by atoms with Crippen LogP contribution >= 0.6 is 0 Å². The van der Waals surface area contributed by atoms with Gasteiger partial charge in [0.2, 0.25) is 5.91 Å². The van der Waals surface area contributed by atoms with Crippen LogP contribution < -0.4 is 10.6 Å². The molecule has 0 bridgehead atoms. The molecule has 0 aromatic rings. The van der Waals surface area contributed by atoms with E-state index >= 15 is 0 Å². The first-order valence-electron chi connectivity index (χ1n) is 7.71. The lowest BCUT2D eigenvalue weighted by molar-refractivity contribution is -0.125. The van der Waals surface area contributed by atoms with E-state index in [4.69, 9.17) is 0 Å². The molecule has 1 fully saturated rings. The number of rotatable bonds is 7. The molecule has 3 heteroatoms. The number of carbonyl (C=O) groups excluding carboxylic acids is 1. The summed E-state index contributed by atoms with van der Waals surface area (Å²) in [6.07, 6.45) is 7.97. The molecule has 1 aliphatic heterocycles. The van der Waals surface area contributed by atoms with Gasteiger partial charge in [0.1, 0.15) is 0 Å². The monoisotopic (exact) mass is 254 g/mol. The Morgan fingerprint density at radius 2 is 1.94 bits per heavy atom. The molecule has 1 heterocycles. The molecule has 1 aliphatic rings. The average Bonchev–Trinajstić information content (AvgIpc) is 2.36. The SMILES string of the molecule is CCCC(CCC)C(=O)NCC1CCCC(C)N1. The second-order valence-electron chi connectivity index (χ2n) is 5.71. The largest absolute Gasteiger partial charge is 0.354 e. The molecule has 0 spiro atoms. The minimum absolute atomic E-state index is 0.223. The molecule has 1 rings (SSSR count). The highest BCUT2D eigenvalue weighted by Gasteiger charge is 2.20. The van der Waals surface area contributed by atoms with Crippen LogP contribution in [-0.4, -0.2) is 24.5 Å². The molecular formula is C15H30N2O. The van der Waals surface area contributed by atoms with E-state index in [1.807, 2.05) is 0 Å². The molecule has 106 valence electrons. The van der Waals surface area contributed by atoms with Crippen molar-refractivity contribution in [2.75, 3.05) is 6.54 Å². The molecule has 0 aliphatic carbocycles. The summed E-state index contributed by atoms with van der Waals surface area (Å²) in [5.41, 5.74) is 0. The maximum absolute atomic E-state index is 12.1. The van der Waals surface area contributed by atoms with Crippen LogP contribution in [-0.2, 0) is 4.79 Å². The van der Waals surface area contributed by atoms with Gasteiger partial charge in [-0.25, -0.2) is 0 Å². The second kappa shape index (κ2) is 8.52. The molecule has 3 nitrogen and oxygen atoms in total. The summed E-state index contributed by atoms with van der Waals surface area (Å²) >= 11 is 0. The van der Waals surface area contributed by atoms with E-state index in [1.165, 1.54) is 19.3 Å². The number of hydrogen-bond acceptors (Lipinski definition) is 2. The number of piperidine rings is 1. The fraction of sp³-hybridized carbons (Fsp3) is 0.933. The van der Waals surface area contributed by atoms with Crippen molar-refractivity contribution in [2.24, 2.45) is 5.92 Å². The lowest BCUT2D eigenvalue weighted by atomic mass is 9.96. The first kappa shape index (κ1) is 15.5. The predicted octanol–water partition coefficient (Wildman–Crippen LogP) is 2.85. The minimum atomic E-state index is 0.223. The summed E-state index contributed by atoms with van der Waals surface area (Å²) in [7, 11) is 0. The molecule has 18 heavy (non-hydrogen) atoms. The third-order valence-corrected chi connectivity index (χ3v) is 3.88. The van der Waals surface area contributed by atoms with Gasteiger partial charge < -0.3 is 10.6 Å². The van der Waals surface area contributed by atoms with Crippen molar-refractivity contribution in [3.05, 3.63) is 0 Å². The fourth-order valence-corrected chi connectivity index (χ4v) is 2.87. The summed E-state index contributed by atoms with van der Waals surface area (Å²) in [6.45, 7) is 7.33. The molecule has 2 atom stereocenters. The Balaban J connectivity index is 2.29. The Bertz CT molecular complexity index is 237. The van der Waals surface area contributed by atoms with Crippen LogP contribution in [0.25, 0.3) is 0 Å². The third kappa shape index (κ3) is 5.38. The summed E-state index contributed by atoms with van der Waals surface area (Å²) in [6, 6.07) is 1.07. The van der Waals surface area contributed by atoms with Crippen LogP contribution in [0.15, 0.2) is 0 Å². The Morgan fingerprint density at radius 1 is 1.28 bits per heavy atom. The third-order valence-electron chi connectivity index (χ3n) is 3.88.